The lowest BCUT2D eigenvalue weighted by Gasteiger charge is -2.19. The predicted octanol–water partition coefficient (Wildman–Crippen LogP) is 9.57. The Bertz CT molecular complexity index is 512. The van der Waals surface area contributed by atoms with E-state index in [1.54, 1.807) is 0 Å². The maximum absolute atomic E-state index is 12.1. The molecule has 0 saturated heterocycles. The molecule has 0 spiro atoms. The molecule has 0 radical (unpaired) electrons. The van der Waals surface area contributed by atoms with Crippen LogP contribution in [-0.2, 0) is 9.53 Å². The van der Waals surface area contributed by atoms with Crippen LogP contribution in [0.15, 0.2) is 0 Å². The average molecular weight is 571 g/mol. The highest BCUT2D eigenvalue weighted by molar-refractivity contribution is 5.69. The van der Waals surface area contributed by atoms with Crippen LogP contribution in [0.2, 0.25) is 0 Å². The molecule has 240 valence electrons. The lowest BCUT2D eigenvalue weighted by Crippen LogP contribution is -2.28. The summed E-state index contributed by atoms with van der Waals surface area (Å²) >= 11 is 0. The topological polar surface area (TPSA) is 87.0 Å². The molecule has 0 aliphatic carbocycles. The molecule has 0 amide bonds. The predicted molar refractivity (Wildman–Crippen MR) is 170 cm³/mol. The normalized spacial score (nSPS) is 13.8. The van der Waals surface area contributed by atoms with Gasteiger partial charge in [0, 0.05) is 6.42 Å². The van der Waals surface area contributed by atoms with Gasteiger partial charge in [0.15, 0.2) is 0 Å². The van der Waals surface area contributed by atoms with Crippen molar-refractivity contribution in [1.82, 2.24) is 0 Å². The van der Waals surface area contributed by atoms with E-state index in [4.69, 9.17) is 9.84 Å². The third kappa shape index (κ3) is 28.9. The van der Waals surface area contributed by atoms with Crippen molar-refractivity contribution in [3.8, 4) is 0 Å². The van der Waals surface area contributed by atoms with Gasteiger partial charge < -0.3 is 20.1 Å². The highest BCUT2D eigenvalue weighted by atomic mass is 16.6. The quantitative estimate of drug-likeness (QED) is 0.0553. The Morgan fingerprint density at radius 2 is 0.900 bits per heavy atom. The monoisotopic (exact) mass is 571 g/mol. The van der Waals surface area contributed by atoms with Crippen molar-refractivity contribution in [3.05, 3.63) is 0 Å². The number of carbonyl (C=O) groups excluding carboxylic acids is 1. The van der Waals surface area contributed by atoms with Crippen molar-refractivity contribution >= 4 is 5.97 Å². The standard InChI is InChI=1S/C35H70O5/c1-3-4-5-6-7-8-9-10-11-12-13-18-21-24-27-30-35(39)40-32(2)34(38)29-26-23-20-17-15-14-16-19-22-25-28-33(37)31-36/h32-34,36-38H,3-31H2,1-2H3/t32-,33?,34?/m1/s1. The van der Waals surface area contributed by atoms with E-state index in [1.165, 1.54) is 122 Å². The molecule has 3 atom stereocenters. The molecule has 0 rings (SSSR count). The van der Waals surface area contributed by atoms with Crippen LogP contribution < -0.4 is 0 Å². The van der Waals surface area contributed by atoms with Gasteiger partial charge in [-0.05, 0) is 26.2 Å². The van der Waals surface area contributed by atoms with Gasteiger partial charge in [-0.2, -0.15) is 0 Å². The average Bonchev–Trinajstić information content (AvgIpc) is 2.95. The van der Waals surface area contributed by atoms with Gasteiger partial charge in [0.25, 0.3) is 0 Å². The smallest absolute Gasteiger partial charge is 0.306 e. The summed E-state index contributed by atoms with van der Waals surface area (Å²) < 4.78 is 5.49. The van der Waals surface area contributed by atoms with Crippen LogP contribution in [0.5, 0.6) is 0 Å². The summed E-state index contributed by atoms with van der Waals surface area (Å²) in [5.41, 5.74) is 0. The number of ether oxygens (including phenoxy) is 1. The lowest BCUT2D eigenvalue weighted by molar-refractivity contribution is -0.154. The first kappa shape index (κ1) is 39.4. The van der Waals surface area contributed by atoms with E-state index in [0.717, 1.165) is 38.5 Å². The molecule has 0 fully saturated rings. The molecule has 0 saturated carbocycles. The van der Waals surface area contributed by atoms with E-state index in [9.17, 15) is 15.0 Å². The van der Waals surface area contributed by atoms with Gasteiger partial charge >= 0.3 is 5.97 Å². The number of esters is 1. The zero-order valence-corrected chi connectivity index (χ0v) is 26.9. The molecule has 0 bridgehead atoms. The fourth-order valence-electron chi connectivity index (χ4n) is 5.46. The summed E-state index contributed by atoms with van der Waals surface area (Å²) in [7, 11) is 0. The molecule has 0 heterocycles. The van der Waals surface area contributed by atoms with E-state index < -0.39 is 18.3 Å². The van der Waals surface area contributed by atoms with Crippen molar-refractivity contribution in [3.63, 3.8) is 0 Å². The number of aliphatic hydroxyl groups excluding tert-OH is 3. The molecule has 3 N–H and O–H groups in total. The van der Waals surface area contributed by atoms with Crippen LogP contribution in [0, 0.1) is 0 Å². The van der Waals surface area contributed by atoms with E-state index in [2.05, 4.69) is 6.92 Å². The van der Waals surface area contributed by atoms with Gasteiger partial charge in [-0.1, -0.05) is 161 Å². The molecule has 2 unspecified atom stereocenters. The third-order valence-corrected chi connectivity index (χ3v) is 8.34. The SMILES string of the molecule is CCCCCCCCCCCCCCCCCC(=O)O[C@H](C)C(O)CCCCCCCCCCCCC(O)CO. The Labute approximate surface area is 249 Å². The molecule has 40 heavy (non-hydrogen) atoms. The Kier molecular flexibility index (Phi) is 30.8. The van der Waals surface area contributed by atoms with Crippen LogP contribution in [0.1, 0.15) is 194 Å². The molecule has 0 aromatic carbocycles. The summed E-state index contributed by atoms with van der Waals surface area (Å²) in [6.07, 6.45) is 31.8. The van der Waals surface area contributed by atoms with E-state index in [0.29, 0.717) is 19.3 Å². The summed E-state index contributed by atoms with van der Waals surface area (Å²) in [6, 6.07) is 0. The first-order valence-corrected chi connectivity index (χ1v) is 17.7. The zero-order chi connectivity index (χ0) is 29.5. The van der Waals surface area contributed by atoms with Crippen molar-refractivity contribution < 1.29 is 24.9 Å². The van der Waals surface area contributed by atoms with Crippen molar-refractivity contribution in [2.45, 2.75) is 212 Å². The van der Waals surface area contributed by atoms with Gasteiger partial charge in [-0.25, -0.2) is 0 Å². The van der Waals surface area contributed by atoms with E-state index >= 15 is 0 Å². The third-order valence-electron chi connectivity index (χ3n) is 8.34. The summed E-state index contributed by atoms with van der Waals surface area (Å²) in [6.45, 7) is 3.97. The Balaban J connectivity index is 3.42. The number of carbonyl (C=O) groups is 1. The number of unbranched alkanes of at least 4 members (excludes halogenated alkanes) is 23. The van der Waals surface area contributed by atoms with Gasteiger partial charge in [0.05, 0.1) is 18.8 Å². The summed E-state index contributed by atoms with van der Waals surface area (Å²) in [4.78, 5) is 12.1. The van der Waals surface area contributed by atoms with Gasteiger partial charge in [0.1, 0.15) is 6.10 Å². The minimum Gasteiger partial charge on any atom is -0.460 e. The van der Waals surface area contributed by atoms with Gasteiger partial charge in [-0.15, -0.1) is 0 Å². The number of hydrogen-bond acceptors (Lipinski definition) is 5. The van der Waals surface area contributed by atoms with Crippen LogP contribution in [-0.4, -0.2) is 46.2 Å². The van der Waals surface area contributed by atoms with Gasteiger partial charge in [-0.3, -0.25) is 4.79 Å². The van der Waals surface area contributed by atoms with E-state index in [1.807, 2.05) is 6.92 Å². The molecule has 0 aromatic heterocycles. The molecule has 5 heteroatoms. The molecular formula is C35H70O5. The Morgan fingerprint density at radius 1 is 0.550 bits per heavy atom. The minimum absolute atomic E-state index is 0.124. The first-order chi connectivity index (χ1) is 19.5. The maximum Gasteiger partial charge on any atom is 0.306 e. The van der Waals surface area contributed by atoms with Crippen LogP contribution >= 0.6 is 0 Å². The number of hydrogen-bond donors (Lipinski definition) is 3. The Morgan fingerprint density at radius 3 is 1.30 bits per heavy atom. The maximum atomic E-state index is 12.1. The molecule has 0 aromatic rings. The first-order valence-electron chi connectivity index (χ1n) is 17.7. The van der Waals surface area contributed by atoms with Gasteiger partial charge in [0.2, 0.25) is 0 Å². The molecular weight excluding hydrogens is 500 g/mol. The highest BCUT2D eigenvalue weighted by Crippen LogP contribution is 2.16. The van der Waals surface area contributed by atoms with Crippen LogP contribution in [0.25, 0.3) is 0 Å². The largest absolute Gasteiger partial charge is 0.460 e. The van der Waals surface area contributed by atoms with E-state index in [-0.39, 0.29) is 12.6 Å². The molecule has 0 aliphatic rings. The minimum atomic E-state index is -0.561. The van der Waals surface area contributed by atoms with Crippen molar-refractivity contribution in [2.75, 3.05) is 6.61 Å². The summed E-state index contributed by atoms with van der Waals surface area (Å²) in [5, 5.41) is 28.5. The Hall–Kier alpha value is -0.650. The molecule has 0 aliphatic heterocycles. The fraction of sp³-hybridized carbons (Fsp3) is 0.971. The van der Waals surface area contributed by atoms with Crippen LogP contribution in [0.3, 0.4) is 0 Å². The molecule has 5 nitrogen and oxygen atoms in total. The zero-order valence-electron chi connectivity index (χ0n) is 26.9. The second-order valence-corrected chi connectivity index (χ2v) is 12.4. The van der Waals surface area contributed by atoms with Crippen molar-refractivity contribution in [2.24, 2.45) is 0 Å². The summed E-state index contributed by atoms with van der Waals surface area (Å²) in [5.74, 6) is -0.161. The highest BCUT2D eigenvalue weighted by Gasteiger charge is 2.18. The lowest BCUT2D eigenvalue weighted by atomic mass is 10.0. The number of aliphatic hydroxyl groups is 3. The number of rotatable bonds is 32. The second kappa shape index (κ2) is 31.3. The fourth-order valence-corrected chi connectivity index (χ4v) is 5.46. The second-order valence-electron chi connectivity index (χ2n) is 12.4. The van der Waals surface area contributed by atoms with Crippen LogP contribution in [0.4, 0.5) is 0 Å². The van der Waals surface area contributed by atoms with Crippen molar-refractivity contribution in [1.29, 1.82) is 0 Å².